The van der Waals surface area contributed by atoms with Crippen molar-refractivity contribution < 1.29 is 42.9 Å². The average Bonchev–Trinajstić information content (AvgIpc) is 2.47. The van der Waals surface area contributed by atoms with Crippen LogP contribution in [0.3, 0.4) is 0 Å². The van der Waals surface area contributed by atoms with E-state index in [1.54, 1.807) is 4.57 Å². The first-order valence-electron chi connectivity index (χ1n) is 6.43. The number of rotatable bonds is 5. The van der Waals surface area contributed by atoms with E-state index in [4.69, 9.17) is 28.1 Å². The molecular formula is C12H15ClN4O6. The van der Waals surface area contributed by atoms with Gasteiger partial charge in [0.25, 0.3) is 0 Å². The van der Waals surface area contributed by atoms with Crippen molar-refractivity contribution in [1.29, 1.82) is 0 Å². The van der Waals surface area contributed by atoms with Crippen LogP contribution in [-0.2, 0) is 0 Å². The lowest BCUT2D eigenvalue weighted by Gasteiger charge is -2.17. The lowest BCUT2D eigenvalue weighted by Crippen LogP contribution is -2.68. The maximum absolute atomic E-state index is 8.49. The van der Waals surface area contributed by atoms with Gasteiger partial charge in [0.2, 0.25) is 0 Å². The maximum Gasteiger partial charge on any atom is 0.447 e. The summed E-state index contributed by atoms with van der Waals surface area (Å²) in [5.74, 6) is 0.470. The minimum atomic E-state index is -4.94. The van der Waals surface area contributed by atoms with E-state index in [1.165, 1.54) is 0 Å². The summed E-state index contributed by atoms with van der Waals surface area (Å²) in [4.78, 5) is 12.5. The van der Waals surface area contributed by atoms with E-state index in [0.29, 0.717) is 19.2 Å². The van der Waals surface area contributed by atoms with E-state index in [-0.39, 0.29) is 12.0 Å². The molecule has 23 heavy (non-hydrogen) atoms. The summed E-state index contributed by atoms with van der Waals surface area (Å²) in [6.45, 7) is 4.74. The van der Waals surface area contributed by atoms with E-state index in [1.807, 2.05) is 44.4 Å². The standard InChI is InChI=1S/C12H15N4O2.ClHO4/c1-3-17-11-13-10(14-12(15-11)18-4-2)16-8-6-5-7-9-16;2-1(3,4)5/h5-9H,3-4H2,1-2H3;(H,2,3,4,5)/q+1;/p-1. The van der Waals surface area contributed by atoms with E-state index < -0.39 is 10.2 Å². The molecule has 0 amide bonds. The highest BCUT2D eigenvalue weighted by atomic mass is 35.7. The highest BCUT2D eigenvalue weighted by molar-refractivity contribution is 5.09. The zero-order valence-corrected chi connectivity index (χ0v) is 13.2. The zero-order valence-electron chi connectivity index (χ0n) is 12.4. The van der Waals surface area contributed by atoms with Crippen molar-refractivity contribution >= 4 is 0 Å². The predicted molar refractivity (Wildman–Crippen MR) is 63.7 cm³/mol. The number of hydrogen-bond donors (Lipinski definition) is 0. The smallest absolute Gasteiger partial charge is 0.447 e. The Balaban J connectivity index is 0.000000463. The molecule has 0 saturated heterocycles. The molecule has 0 bridgehead atoms. The fourth-order valence-electron chi connectivity index (χ4n) is 1.36. The summed E-state index contributed by atoms with van der Waals surface area (Å²) in [6.07, 6.45) is 3.70. The Labute approximate surface area is 134 Å². The SMILES string of the molecule is CCOc1nc(OCC)nc(-[n+]2ccccc2)n1.[O-][Cl+3]([O-])([O-])[O-]. The van der Waals surface area contributed by atoms with E-state index in [9.17, 15) is 0 Å². The molecule has 2 heterocycles. The van der Waals surface area contributed by atoms with Crippen molar-refractivity contribution in [2.45, 2.75) is 13.8 Å². The minimum absolute atomic E-state index is 0.266. The van der Waals surface area contributed by atoms with Crippen LogP contribution in [-0.4, -0.2) is 28.2 Å². The van der Waals surface area contributed by atoms with Gasteiger partial charge >= 0.3 is 18.0 Å². The molecule has 0 N–H and O–H groups in total. The second kappa shape index (κ2) is 9.12. The Hall–Kier alpha value is -2.11. The molecule has 0 aliphatic rings. The molecule has 0 unspecified atom stereocenters. The average molecular weight is 347 g/mol. The molecule has 2 aromatic rings. The predicted octanol–water partition coefficient (Wildman–Crippen LogP) is -3.81. The molecule has 0 spiro atoms. The normalized spacial score (nSPS) is 10.5. The lowest BCUT2D eigenvalue weighted by atomic mass is 10.5. The highest BCUT2D eigenvalue weighted by Gasteiger charge is 2.18. The van der Waals surface area contributed by atoms with Gasteiger partial charge in [-0.15, -0.1) is 15.2 Å². The first kappa shape index (κ1) is 18.9. The first-order valence-corrected chi connectivity index (χ1v) is 7.67. The number of aromatic nitrogens is 4. The van der Waals surface area contributed by atoms with Crippen molar-refractivity contribution in [3.63, 3.8) is 0 Å². The van der Waals surface area contributed by atoms with Crippen molar-refractivity contribution in [3.05, 3.63) is 30.6 Å². The molecular weight excluding hydrogens is 332 g/mol. The van der Waals surface area contributed by atoms with Crippen molar-refractivity contribution in [3.8, 4) is 18.0 Å². The van der Waals surface area contributed by atoms with Crippen LogP contribution >= 0.6 is 0 Å². The van der Waals surface area contributed by atoms with Crippen molar-refractivity contribution in [1.82, 2.24) is 15.0 Å². The molecule has 0 fully saturated rings. The van der Waals surface area contributed by atoms with E-state index in [0.717, 1.165) is 0 Å². The van der Waals surface area contributed by atoms with Crippen LogP contribution in [0.25, 0.3) is 5.95 Å². The highest BCUT2D eigenvalue weighted by Crippen LogP contribution is 2.09. The summed E-state index contributed by atoms with van der Waals surface area (Å²) < 4.78 is 46.3. The number of nitrogens with zero attached hydrogens (tertiary/aromatic N) is 4. The monoisotopic (exact) mass is 346 g/mol. The number of pyridine rings is 1. The van der Waals surface area contributed by atoms with Gasteiger partial charge in [-0.1, -0.05) is 6.07 Å². The third kappa shape index (κ3) is 8.18. The van der Waals surface area contributed by atoms with Gasteiger partial charge in [-0.05, 0) is 35.9 Å². The lowest BCUT2D eigenvalue weighted by molar-refractivity contribution is -2.00. The Morgan fingerprint density at radius 2 is 1.30 bits per heavy atom. The molecule has 0 atom stereocenters. The van der Waals surface area contributed by atoms with Gasteiger partial charge in [-0.25, -0.2) is 23.2 Å². The maximum atomic E-state index is 8.49. The van der Waals surface area contributed by atoms with Crippen LogP contribution in [0.2, 0.25) is 0 Å². The van der Waals surface area contributed by atoms with E-state index >= 15 is 0 Å². The van der Waals surface area contributed by atoms with Crippen LogP contribution < -0.4 is 32.7 Å². The fraction of sp³-hybridized carbons (Fsp3) is 0.333. The van der Waals surface area contributed by atoms with Gasteiger partial charge in [-0.2, -0.15) is 0 Å². The zero-order chi connectivity index (χ0) is 17.3. The van der Waals surface area contributed by atoms with Crippen LogP contribution in [0.15, 0.2) is 30.6 Å². The van der Waals surface area contributed by atoms with Gasteiger partial charge < -0.3 is 9.47 Å². The molecule has 2 aromatic heterocycles. The van der Waals surface area contributed by atoms with Crippen LogP contribution in [0.5, 0.6) is 12.0 Å². The van der Waals surface area contributed by atoms with Gasteiger partial charge in [-0.3, -0.25) is 0 Å². The molecule has 0 radical (unpaired) electrons. The Morgan fingerprint density at radius 3 is 1.70 bits per heavy atom. The van der Waals surface area contributed by atoms with Crippen LogP contribution in [0.4, 0.5) is 0 Å². The Bertz CT molecular complexity index is 566. The number of ether oxygens (including phenoxy) is 2. The van der Waals surface area contributed by atoms with E-state index in [2.05, 4.69) is 15.0 Å². The van der Waals surface area contributed by atoms with Crippen LogP contribution in [0, 0.1) is 10.2 Å². The number of halogens is 1. The second-order valence-electron chi connectivity index (χ2n) is 3.73. The second-order valence-corrected chi connectivity index (χ2v) is 4.48. The van der Waals surface area contributed by atoms with Crippen LogP contribution in [0.1, 0.15) is 13.8 Å². The molecule has 10 nitrogen and oxygen atoms in total. The third-order valence-electron chi connectivity index (χ3n) is 2.08. The number of hydrogen-bond acceptors (Lipinski definition) is 9. The summed E-state index contributed by atoms with van der Waals surface area (Å²) in [7, 11) is -4.94. The Morgan fingerprint density at radius 1 is 0.870 bits per heavy atom. The third-order valence-corrected chi connectivity index (χ3v) is 2.08. The molecule has 0 aliphatic carbocycles. The molecule has 0 aliphatic heterocycles. The van der Waals surface area contributed by atoms with Gasteiger partial charge in [0.05, 0.1) is 25.6 Å². The Kier molecular flexibility index (Phi) is 7.51. The van der Waals surface area contributed by atoms with Gasteiger partial charge in [0.15, 0.2) is 0 Å². The summed E-state index contributed by atoms with van der Waals surface area (Å²) in [5.41, 5.74) is 0. The quantitative estimate of drug-likeness (QED) is 0.495. The summed E-state index contributed by atoms with van der Waals surface area (Å²) >= 11 is 0. The minimum Gasteiger partial charge on any atom is -0.451 e. The fourth-order valence-corrected chi connectivity index (χ4v) is 1.36. The topological polar surface area (TPSA) is 153 Å². The molecule has 11 heteroatoms. The molecule has 2 rings (SSSR count). The first-order chi connectivity index (χ1) is 10.8. The van der Waals surface area contributed by atoms with Gasteiger partial charge in [0, 0.05) is 0 Å². The summed E-state index contributed by atoms with van der Waals surface area (Å²) in [5, 5.41) is 0. The molecule has 0 saturated carbocycles. The largest absolute Gasteiger partial charge is 0.451 e. The van der Waals surface area contributed by atoms with Crippen molar-refractivity contribution in [2.75, 3.05) is 13.2 Å². The molecule has 126 valence electrons. The molecule has 0 aromatic carbocycles. The van der Waals surface area contributed by atoms with Crippen molar-refractivity contribution in [2.24, 2.45) is 0 Å². The summed E-state index contributed by atoms with van der Waals surface area (Å²) in [6, 6.07) is 6.24. The van der Waals surface area contributed by atoms with Gasteiger partial charge in [0.1, 0.15) is 0 Å².